The average Bonchev–Trinajstić information content (AvgIpc) is 2.68. The smallest absolute Gasteiger partial charge is 0.162 e. The number of para-hydroxylation sites is 1. The molecule has 4 rings (SSSR count). The van der Waals surface area contributed by atoms with E-state index in [2.05, 4.69) is 54.2 Å². The summed E-state index contributed by atoms with van der Waals surface area (Å²) in [5.74, 6) is 1.84. The van der Waals surface area contributed by atoms with Crippen LogP contribution in [0.3, 0.4) is 0 Å². The topological polar surface area (TPSA) is 32.3 Å². The predicted octanol–water partition coefficient (Wildman–Crippen LogP) is 0.831. The number of nitrogens with zero attached hydrogens (tertiary/aromatic N) is 4. The molecule has 0 radical (unpaired) electrons. The van der Waals surface area contributed by atoms with E-state index in [0.29, 0.717) is 6.04 Å². The highest BCUT2D eigenvalue weighted by atomic mass is 35.5. The van der Waals surface area contributed by atoms with Gasteiger partial charge >= 0.3 is 0 Å². The maximum Gasteiger partial charge on any atom is 0.162 e. The number of fused-ring (bicyclic) bond motifs is 1. The summed E-state index contributed by atoms with van der Waals surface area (Å²) in [7, 11) is 4.38. The molecule has 4 nitrogen and oxygen atoms in total. The Morgan fingerprint density at radius 3 is 2.31 bits per heavy atom. The maximum atomic E-state index is 4.97. The molecule has 5 heteroatoms. The van der Waals surface area contributed by atoms with Gasteiger partial charge in [0.15, 0.2) is 5.82 Å². The van der Waals surface area contributed by atoms with Crippen LogP contribution >= 0.6 is 0 Å². The largest absolute Gasteiger partial charge is 1.00 e. The monoisotopic (exact) mass is 367 g/mol. The fraction of sp³-hybridized carbons (Fsp3) is 0.333. The lowest BCUT2D eigenvalue weighted by atomic mass is 10.0. The lowest BCUT2D eigenvalue weighted by Crippen LogP contribution is -3.00. The molecule has 0 spiro atoms. The van der Waals surface area contributed by atoms with Crippen molar-refractivity contribution in [3.05, 3.63) is 54.6 Å². The summed E-state index contributed by atoms with van der Waals surface area (Å²) in [5.41, 5.74) is 2.07. The van der Waals surface area contributed by atoms with Crippen LogP contribution < -0.4 is 17.3 Å². The molecule has 136 valence electrons. The van der Waals surface area contributed by atoms with E-state index in [1.165, 1.54) is 12.8 Å². The molecule has 26 heavy (non-hydrogen) atoms. The molecule has 0 aliphatic carbocycles. The van der Waals surface area contributed by atoms with Crippen molar-refractivity contribution in [1.29, 1.82) is 0 Å². The third-order valence-corrected chi connectivity index (χ3v) is 5.18. The van der Waals surface area contributed by atoms with Gasteiger partial charge in [0.1, 0.15) is 5.82 Å². The summed E-state index contributed by atoms with van der Waals surface area (Å²) in [5, 5.41) is 1.13. The Balaban J connectivity index is 0.00000196. The van der Waals surface area contributed by atoms with Gasteiger partial charge in [-0.25, -0.2) is 9.97 Å². The van der Waals surface area contributed by atoms with E-state index >= 15 is 0 Å². The fourth-order valence-corrected chi connectivity index (χ4v) is 3.60. The number of halogens is 1. The second-order valence-corrected chi connectivity index (χ2v) is 6.90. The number of likely N-dealkylation sites (tertiary alicyclic amines) is 1. The van der Waals surface area contributed by atoms with Crippen LogP contribution in [0, 0.1) is 0 Å². The van der Waals surface area contributed by atoms with Crippen molar-refractivity contribution in [2.45, 2.75) is 18.9 Å². The molecule has 1 saturated heterocycles. The van der Waals surface area contributed by atoms with Crippen molar-refractivity contribution in [2.24, 2.45) is 0 Å². The number of hydrogen-bond donors (Lipinski definition) is 0. The summed E-state index contributed by atoms with van der Waals surface area (Å²) in [6.45, 7) is 2.28. The molecule has 2 heterocycles. The summed E-state index contributed by atoms with van der Waals surface area (Å²) >= 11 is 0. The van der Waals surface area contributed by atoms with Crippen LogP contribution in [0.1, 0.15) is 12.8 Å². The zero-order valence-electron chi connectivity index (χ0n) is 15.3. The summed E-state index contributed by atoms with van der Waals surface area (Å²) < 4.78 is 0. The van der Waals surface area contributed by atoms with Crippen LogP contribution in [0.15, 0.2) is 54.6 Å². The minimum atomic E-state index is 0. The van der Waals surface area contributed by atoms with Crippen LogP contribution in [0.25, 0.3) is 22.3 Å². The first kappa shape index (κ1) is 18.6. The summed E-state index contributed by atoms with van der Waals surface area (Å²) in [6.07, 6.45) is 2.35. The van der Waals surface area contributed by atoms with E-state index in [0.717, 1.165) is 41.2 Å². The van der Waals surface area contributed by atoms with Gasteiger partial charge in [-0.15, -0.1) is 0 Å². The SMILES string of the molecule is CN1CCC(N(C)c2nc(-c3ccccc3)nc3ccccc23)CC1.[Cl-]. The van der Waals surface area contributed by atoms with Gasteiger partial charge in [0.25, 0.3) is 0 Å². The molecule has 3 aromatic rings. The van der Waals surface area contributed by atoms with E-state index in [1.54, 1.807) is 0 Å². The second-order valence-electron chi connectivity index (χ2n) is 6.90. The van der Waals surface area contributed by atoms with Gasteiger partial charge < -0.3 is 22.2 Å². The number of piperidine rings is 1. The Bertz CT molecular complexity index is 860. The first-order valence-corrected chi connectivity index (χ1v) is 8.96. The summed E-state index contributed by atoms with van der Waals surface area (Å²) in [4.78, 5) is 14.5. The molecule has 0 atom stereocenters. The van der Waals surface area contributed by atoms with Gasteiger partial charge in [0.2, 0.25) is 0 Å². The number of anilines is 1. The van der Waals surface area contributed by atoms with E-state index < -0.39 is 0 Å². The molecule has 0 amide bonds. The quantitative estimate of drug-likeness (QED) is 0.686. The first-order chi connectivity index (χ1) is 12.2. The zero-order chi connectivity index (χ0) is 17.2. The minimum Gasteiger partial charge on any atom is -1.00 e. The lowest BCUT2D eigenvalue weighted by molar-refractivity contribution is -0.00000518. The van der Waals surface area contributed by atoms with Gasteiger partial charge in [0.05, 0.1) is 5.52 Å². The molecule has 1 fully saturated rings. The Hall–Kier alpha value is -2.17. The molecule has 1 aromatic heterocycles. The summed E-state index contributed by atoms with van der Waals surface area (Å²) in [6, 6.07) is 19.1. The lowest BCUT2D eigenvalue weighted by Gasteiger charge is -2.36. The fourth-order valence-electron chi connectivity index (χ4n) is 3.60. The average molecular weight is 368 g/mol. The van der Waals surface area contributed by atoms with Gasteiger partial charge in [-0.1, -0.05) is 42.5 Å². The molecule has 0 saturated carbocycles. The molecule has 1 aliphatic rings. The van der Waals surface area contributed by atoms with Crippen LogP contribution in [0.5, 0.6) is 0 Å². The van der Waals surface area contributed by atoms with Crippen LogP contribution in [-0.2, 0) is 0 Å². The standard InChI is InChI=1S/C21H24N4.ClH/c1-24-14-12-17(13-15-24)25(2)21-18-10-6-7-11-19(18)22-20(23-21)16-8-4-3-5-9-16;/h3-11,17H,12-15H2,1-2H3;1H/p-1. The molecule has 0 unspecified atom stereocenters. The van der Waals surface area contributed by atoms with Crippen molar-refractivity contribution in [2.75, 3.05) is 32.1 Å². The highest BCUT2D eigenvalue weighted by Gasteiger charge is 2.23. The van der Waals surface area contributed by atoms with Crippen LogP contribution in [0.4, 0.5) is 5.82 Å². The molecule has 2 aromatic carbocycles. The number of benzene rings is 2. The highest BCUT2D eigenvalue weighted by Crippen LogP contribution is 2.29. The second kappa shape index (κ2) is 8.02. The zero-order valence-corrected chi connectivity index (χ0v) is 16.0. The number of aromatic nitrogens is 2. The van der Waals surface area contributed by atoms with Crippen LogP contribution in [-0.4, -0.2) is 48.1 Å². The first-order valence-electron chi connectivity index (χ1n) is 8.96. The minimum absolute atomic E-state index is 0. The third-order valence-electron chi connectivity index (χ3n) is 5.18. The molecular weight excluding hydrogens is 344 g/mol. The maximum absolute atomic E-state index is 4.97. The van der Waals surface area contributed by atoms with Gasteiger partial charge in [-0.3, -0.25) is 0 Å². The van der Waals surface area contributed by atoms with Crippen molar-refractivity contribution in [3.63, 3.8) is 0 Å². The van der Waals surface area contributed by atoms with Crippen molar-refractivity contribution >= 4 is 16.7 Å². The van der Waals surface area contributed by atoms with E-state index in [4.69, 9.17) is 9.97 Å². The van der Waals surface area contributed by atoms with Crippen molar-refractivity contribution < 1.29 is 12.4 Å². The Labute approximate surface area is 161 Å². The van der Waals surface area contributed by atoms with Crippen molar-refractivity contribution in [3.8, 4) is 11.4 Å². The highest BCUT2D eigenvalue weighted by molar-refractivity contribution is 5.91. The number of hydrogen-bond acceptors (Lipinski definition) is 4. The van der Waals surface area contributed by atoms with Gasteiger partial charge in [-0.2, -0.15) is 0 Å². The van der Waals surface area contributed by atoms with Crippen LogP contribution in [0.2, 0.25) is 0 Å². The van der Waals surface area contributed by atoms with Gasteiger partial charge in [0, 0.05) is 24.0 Å². The third kappa shape index (κ3) is 3.67. The number of rotatable bonds is 3. The molecule has 0 bridgehead atoms. The Morgan fingerprint density at radius 2 is 1.58 bits per heavy atom. The van der Waals surface area contributed by atoms with E-state index in [9.17, 15) is 0 Å². The molecular formula is C21H24ClN4-. The Morgan fingerprint density at radius 1 is 0.923 bits per heavy atom. The van der Waals surface area contributed by atoms with Crippen molar-refractivity contribution in [1.82, 2.24) is 14.9 Å². The Kier molecular flexibility index (Phi) is 5.74. The predicted molar refractivity (Wildman–Crippen MR) is 104 cm³/mol. The van der Waals surface area contributed by atoms with E-state index in [1.807, 2.05) is 24.3 Å². The van der Waals surface area contributed by atoms with E-state index in [-0.39, 0.29) is 12.4 Å². The normalized spacial score (nSPS) is 15.6. The molecule has 1 aliphatic heterocycles. The van der Waals surface area contributed by atoms with Gasteiger partial charge in [-0.05, 0) is 45.1 Å². The molecule has 0 N–H and O–H groups in total.